The van der Waals surface area contributed by atoms with E-state index in [0.29, 0.717) is 25.3 Å². The maximum Gasteiger partial charge on any atom is 0.327 e. The van der Waals surface area contributed by atoms with Crippen LogP contribution in [0.4, 0.5) is 0 Å². The summed E-state index contributed by atoms with van der Waals surface area (Å²) < 4.78 is 0. The second kappa shape index (κ2) is 5.45. The summed E-state index contributed by atoms with van der Waals surface area (Å²) in [5, 5.41) is 12.4. The summed E-state index contributed by atoms with van der Waals surface area (Å²) in [7, 11) is 0. The average Bonchev–Trinajstić information content (AvgIpc) is 2.93. The molecule has 3 rings (SSSR count). The summed E-state index contributed by atoms with van der Waals surface area (Å²) in [4.78, 5) is 32.5. The van der Waals surface area contributed by atoms with E-state index >= 15 is 0 Å². The minimum absolute atomic E-state index is 0.133. The lowest BCUT2D eigenvalue weighted by Gasteiger charge is -2.36. The zero-order valence-electron chi connectivity index (χ0n) is 10.8. The van der Waals surface area contributed by atoms with E-state index < -0.39 is 12.0 Å². The van der Waals surface area contributed by atoms with E-state index in [-0.39, 0.29) is 11.9 Å². The van der Waals surface area contributed by atoms with Gasteiger partial charge in [0.2, 0.25) is 5.91 Å². The highest BCUT2D eigenvalue weighted by atomic mass is 32.2. The number of hydrogen-bond donors (Lipinski definition) is 3. The van der Waals surface area contributed by atoms with Crippen molar-refractivity contribution >= 4 is 23.6 Å². The first-order valence-electron chi connectivity index (χ1n) is 6.52. The fourth-order valence-electron chi connectivity index (χ4n) is 2.62. The van der Waals surface area contributed by atoms with E-state index in [2.05, 4.69) is 15.3 Å². The molecule has 1 aromatic rings. The first-order chi connectivity index (χ1) is 9.66. The predicted molar refractivity (Wildman–Crippen MR) is 73.4 cm³/mol. The molecule has 0 aromatic carbocycles. The van der Waals surface area contributed by atoms with Crippen LogP contribution in [0, 0.1) is 0 Å². The van der Waals surface area contributed by atoms with Gasteiger partial charge in [-0.15, -0.1) is 0 Å². The molecule has 2 atom stereocenters. The Kier molecular flexibility index (Phi) is 3.66. The van der Waals surface area contributed by atoms with E-state index in [1.807, 2.05) is 0 Å². The third-order valence-corrected chi connectivity index (χ3v) is 4.75. The van der Waals surface area contributed by atoms with Gasteiger partial charge in [-0.05, 0) is 0 Å². The molecule has 2 unspecified atom stereocenters. The molecule has 1 amide bonds. The van der Waals surface area contributed by atoms with E-state index in [1.54, 1.807) is 18.1 Å². The number of carbonyl (C=O) groups is 2. The van der Waals surface area contributed by atoms with Gasteiger partial charge in [0.25, 0.3) is 0 Å². The Labute approximate surface area is 120 Å². The largest absolute Gasteiger partial charge is 0.480 e. The van der Waals surface area contributed by atoms with Crippen molar-refractivity contribution in [1.82, 2.24) is 20.2 Å². The van der Waals surface area contributed by atoms with Crippen molar-refractivity contribution in [2.45, 2.75) is 25.0 Å². The number of aliphatic carboxylic acids is 1. The number of imidazole rings is 1. The van der Waals surface area contributed by atoms with Gasteiger partial charge in [-0.1, -0.05) is 0 Å². The fraction of sp³-hybridized carbons (Fsp3) is 0.583. The van der Waals surface area contributed by atoms with Crippen LogP contribution in [-0.2, 0) is 22.6 Å². The Hall–Kier alpha value is -1.54. The van der Waals surface area contributed by atoms with Gasteiger partial charge in [-0.3, -0.25) is 10.1 Å². The number of nitrogens with zero attached hydrogens (tertiary/aromatic N) is 2. The minimum Gasteiger partial charge on any atom is -0.480 e. The number of amides is 1. The summed E-state index contributed by atoms with van der Waals surface area (Å²) in [5.74, 6) is 0.185. The third-order valence-electron chi connectivity index (χ3n) is 3.72. The highest BCUT2D eigenvalue weighted by molar-refractivity contribution is 7.99. The van der Waals surface area contributed by atoms with Crippen LogP contribution in [0.2, 0.25) is 0 Å². The maximum atomic E-state index is 12.6. The van der Waals surface area contributed by atoms with Crippen LogP contribution in [-0.4, -0.2) is 62.0 Å². The summed E-state index contributed by atoms with van der Waals surface area (Å²) >= 11 is 1.58. The molecule has 0 spiro atoms. The number of H-pyrrole nitrogens is 1. The van der Waals surface area contributed by atoms with Crippen LogP contribution in [0.25, 0.3) is 0 Å². The molecule has 7 nitrogen and oxygen atoms in total. The van der Waals surface area contributed by atoms with E-state index in [4.69, 9.17) is 0 Å². The van der Waals surface area contributed by atoms with Gasteiger partial charge in [-0.2, -0.15) is 11.8 Å². The topological polar surface area (TPSA) is 98.3 Å². The lowest BCUT2D eigenvalue weighted by atomic mass is 10.0. The van der Waals surface area contributed by atoms with Gasteiger partial charge in [0, 0.05) is 31.0 Å². The standard InChI is InChI=1S/C12H16N4O3S/c17-11(16-1-2-20-5-10(16)12(18)19)8-3-7-9(4-13-8)15-6-14-7/h6,8,10,13H,1-5H2,(H,14,15)(H,18,19). The lowest BCUT2D eigenvalue weighted by molar-refractivity contribution is -0.150. The molecule has 1 saturated heterocycles. The highest BCUT2D eigenvalue weighted by Gasteiger charge is 2.37. The number of carboxylic acid groups (broad SMARTS) is 1. The van der Waals surface area contributed by atoms with Crippen LogP contribution in [0.5, 0.6) is 0 Å². The van der Waals surface area contributed by atoms with E-state index in [0.717, 1.165) is 17.1 Å². The van der Waals surface area contributed by atoms with Gasteiger partial charge in [0.05, 0.1) is 23.8 Å². The molecule has 1 fully saturated rings. The normalized spacial score (nSPS) is 26.1. The zero-order chi connectivity index (χ0) is 14.1. The summed E-state index contributed by atoms with van der Waals surface area (Å²) in [6.45, 7) is 1.05. The molecule has 0 bridgehead atoms. The minimum atomic E-state index is -0.929. The number of carbonyl (C=O) groups excluding carboxylic acids is 1. The molecule has 0 saturated carbocycles. The van der Waals surface area contributed by atoms with Crippen molar-refractivity contribution in [3.63, 3.8) is 0 Å². The smallest absolute Gasteiger partial charge is 0.327 e. The molecule has 108 valence electrons. The Morgan fingerprint density at radius 1 is 1.50 bits per heavy atom. The van der Waals surface area contributed by atoms with Crippen molar-refractivity contribution in [3.05, 3.63) is 17.7 Å². The molecule has 2 aliphatic rings. The molecular weight excluding hydrogens is 280 g/mol. The Morgan fingerprint density at radius 3 is 3.15 bits per heavy atom. The summed E-state index contributed by atoms with van der Waals surface area (Å²) in [6, 6.07) is -1.10. The van der Waals surface area contributed by atoms with E-state index in [1.165, 1.54) is 4.90 Å². The number of thioether (sulfide) groups is 1. The number of aromatic amines is 1. The van der Waals surface area contributed by atoms with Crippen LogP contribution in [0.3, 0.4) is 0 Å². The van der Waals surface area contributed by atoms with Crippen molar-refractivity contribution in [2.24, 2.45) is 0 Å². The first kappa shape index (κ1) is 13.4. The average molecular weight is 296 g/mol. The number of carboxylic acids is 1. The number of hydrogen-bond acceptors (Lipinski definition) is 5. The predicted octanol–water partition coefficient (Wildman–Crippen LogP) is -0.547. The molecule has 0 radical (unpaired) electrons. The van der Waals surface area contributed by atoms with Crippen LogP contribution >= 0.6 is 11.8 Å². The van der Waals surface area contributed by atoms with Gasteiger partial charge in [0.15, 0.2) is 0 Å². The number of aromatic nitrogens is 2. The molecule has 20 heavy (non-hydrogen) atoms. The molecule has 2 aliphatic heterocycles. The summed E-state index contributed by atoms with van der Waals surface area (Å²) in [5.41, 5.74) is 1.89. The number of fused-ring (bicyclic) bond motifs is 1. The first-order valence-corrected chi connectivity index (χ1v) is 7.68. The second-order valence-corrected chi connectivity index (χ2v) is 6.08. The zero-order valence-corrected chi connectivity index (χ0v) is 11.7. The molecule has 0 aliphatic carbocycles. The van der Waals surface area contributed by atoms with Crippen LogP contribution in [0.15, 0.2) is 6.33 Å². The monoisotopic (exact) mass is 296 g/mol. The second-order valence-electron chi connectivity index (χ2n) is 4.93. The Bertz CT molecular complexity index is 533. The van der Waals surface area contributed by atoms with Crippen molar-refractivity contribution < 1.29 is 14.7 Å². The Balaban J connectivity index is 1.73. The quantitative estimate of drug-likeness (QED) is 0.677. The summed E-state index contributed by atoms with van der Waals surface area (Å²) in [6.07, 6.45) is 2.13. The highest BCUT2D eigenvalue weighted by Crippen LogP contribution is 2.20. The Morgan fingerprint density at radius 2 is 2.35 bits per heavy atom. The fourth-order valence-corrected chi connectivity index (χ4v) is 3.65. The molecule has 8 heteroatoms. The van der Waals surface area contributed by atoms with Gasteiger partial charge >= 0.3 is 5.97 Å². The molecule has 3 heterocycles. The van der Waals surface area contributed by atoms with Crippen LogP contribution < -0.4 is 5.32 Å². The number of rotatable bonds is 2. The maximum absolute atomic E-state index is 12.6. The third kappa shape index (κ3) is 2.40. The van der Waals surface area contributed by atoms with Crippen molar-refractivity contribution in [1.29, 1.82) is 0 Å². The van der Waals surface area contributed by atoms with Crippen molar-refractivity contribution in [2.75, 3.05) is 18.1 Å². The lowest BCUT2D eigenvalue weighted by Crippen LogP contribution is -2.57. The number of nitrogens with one attached hydrogen (secondary N) is 2. The SMILES string of the molecule is O=C(O)C1CSCCN1C(=O)C1Cc2nc[nH]c2CN1. The van der Waals surface area contributed by atoms with Crippen LogP contribution in [0.1, 0.15) is 11.4 Å². The van der Waals surface area contributed by atoms with Crippen molar-refractivity contribution in [3.8, 4) is 0 Å². The molecular formula is C12H16N4O3S. The van der Waals surface area contributed by atoms with Gasteiger partial charge < -0.3 is 15.0 Å². The van der Waals surface area contributed by atoms with Gasteiger partial charge in [0.1, 0.15) is 6.04 Å². The molecule has 3 N–H and O–H groups in total. The molecule has 1 aromatic heterocycles. The van der Waals surface area contributed by atoms with E-state index in [9.17, 15) is 14.7 Å². The van der Waals surface area contributed by atoms with Gasteiger partial charge in [-0.25, -0.2) is 9.78 Å².